The number of furan rings is 1. The number of carbonyl (C=O) groups is 1. The molecule has 1 heterocycles. The highest BCUT2D eigenvalue weighted by Crippen LogP contribution is 2.25. The van der Waals surface area contributed by atoms with Crippen LogP contribution >= 0.6 is 24.0 Å². The average molecular weight is 569 g/mol. The molecule has 0 amide bonds. The lowest BCUT2D eigenvalue weighted by molar-refractivity contribution is -0.149. The van der Waals surface area contributed by atoms with Crippen LogP contribution in [0.3, 0.4) is 0 Å². The van der Waals surface area contributed by atoms with Gasteiger partial charge in [-0.15, -0.1) is 24.0 Å². The second kappa shape index (κ2) is 14.2. The van der Waals surface area contributed by atoms with Gasteiger partial charge in [-0.05, 0) is 62.9 Å². The topological polar surface area (TPSA) is 79.1 Å². The third kappa shape index (κ3) is 8.66. The minimum Gasteiger partial charge on any atom is -0.468 e. The van der Waals surface area contributed by atoms with Crippen LogP contribution in [0.25, 0.3) is 0 Å². The lowest BCUT2D eigenvalue weighted by atomic mass is 9.86. The molecule has 2 aromatic rings. The molecule has 33 heavy (non-hydrogen) atoms. The Hall–Kier alpha value is -2.07. The molecule has 0 spiro atoms. The predicted octanol–water partition coefficient (Wildman–Crippen LogP) is 4.32. The summed E-state index contributed by atoms with van der Waals surface area (Å²) in [5.41, 5.74) is 2.52. The number of halogens is 1. The Balaban J connectivity index is 0.00000385. The Morgan fingerprint density at radius 3 is 2.48 bits per heavy atom. The van der Waals surface area contributed by atoms with Crippen LogP contribution in [0.1, 0.15) is 49.5 Å². The summed E-state index contributed by atoms with van der Waals surface area (Å²) in [7, 11) is 3.89. The summed E-state index contributed by atoms with van der Waals surface area (Å²) in [5.74, 6) is 1.74. The van der Waals surface area contributed by atoms with Crippen LogP contribution in [-0.4, -0.2) is 43.6 Å². The van der Waals surface area contributed by atoms with Gasteiger partial charge in [-0.2, -0.15) is 0 Å². The van der Waals surface area contributed by atoms with E-state index in [1.54, 1.807) is 13.3 Å². The highest BCUT2D eigenvalue weighted by Gasteiger charge is 2.27. The number of hydrogen-bond donors (Lipinski definition) is 2. The molecule has 2 N–H and O–H groups in total. The average Bonchev–Trinajstić information content (AvgIpc) is 3.31. The van der Waals surface area contributed by atoms with Gasteiger partial charge in [0, 0.05) is 26.2 Å². The van der Waals surface area contributed by atoms with Gasteiger partial charge in [0.25, 0.3) is 0 Å². The maximum atomic E-state index is 12.0. The number of carbonyl (C=O) groups excluding carboxylic acids is 1. The number of guanidine groups is 1. The highest BCUT2D eigenvalue weighted by molar-refractivity contribution is 14.0. The van der Waals surface area contributed by atoms with Crippen LogP contribution in [-0.2, 0) is 29.2 Å². The molecule has 3 rings (SSSR count). The van der Waals surface area contributed by atoms with Gasteiger partial charge in [0.1, 0.15) is 5.76 Å². The van der Waals surface area contributed by atoms with E-state index in [2.05, 4.69) is 51.8 Å². The summed E-state index contributed by atoms with van der Waals surface area (Å²) in [6.45, 7) is 4.61. The second-order valence-corrected chi connectivity index (χ2v) is 8.39. The molecule has 1 aromatic carbocycles. The van der Waals surface area contributed by atoms with E-state index in [1.807, 2.05) is 19.1 Å². The SMILES string of the molecule is CCOC(=O)C1CCC(NC(=NC)NCc2ccccc2CN(C)Cc2ccco2)CC1.I. The van der Waals surface area contributed by atoms with Crippen molar-refractivity contribution in [2.24, 2.45) is 10.9 Å². The van der Waals surface area contributed by atoms with Gasteiger partial charge in [0.2, 0.25) is 0 Å². The van der Waals surface area contributed by atoms with E-state index in [4.69, 9.17) is 9.15 Å². The first-order chi connectivity index (χ1) is 15.6. The number of ether oxygens (including phenoxy) is 1. The van der Waals surface area contributed by atoms with Crippen molar-refractivity contribution in [1.29, 1.82) is 0 Å². The zero-order valence-corrected chi connectivity index (χ0v) is 22.2. The van der Waals surface area contributed by atoms with Crippen molar-refractivity contribution in [3.8, 4) is 0 Å². The maximum Gasteiger partial charge on any atom is 0.308 e. The summed E-state index contributed by atoms with van der Waals surface area (Å²) in [6.07, 6.45) is 5.32. The first-order valence-electron chi connectivity index (χ1n) is 11.5. The van der Waals surface area contributed by atoms with Gasteiger partial charge >= 0.3 is 5.97 Å². The lowest BCUT2D eigenvalue weighted by Gasteiger charge is -2.29. The minimum atomic E-state index is -0.0536. The molecule has 1 aliphatic rings. The standard InChI is InChI=1S/C25H36N4O3.HI/c1-4-31-24(30)19-11-13-22(14-12-19)28-25(26-2)27-16-20-8-5-6-9-21(20)17-29(3)18-23-10-7-15-32-23;/h5-10,15,19,22H,4,11-14,16-18H2,1-3H3,(H2,26,27,28);1H. The van der Waals surface area contributed by atoms with Crippen LogP contribution in [0.4, 0.5) is 0 Å². The van der Waals surface area contributed by atoms with Gasteiger partial charge < -0.3 is 19.8 Å². The minimum absolute atomic E-state index is 0. The molecule has 0 atom stereocenters. The van der Waals surface area contributed by atoms with E-state index >= 15 is 0 Å². The largest absolute Gasteiger partial charge is 0.468 e. The van der Waals surface area contributed by atoms with Crippen LogP contribution in [0.15, 0.2) is 52.1 Å². The van der Waals surface area contributed by atoms with Crippen molar-refractivity contribution in [1.82, 2.24) is 15.5 Å². The highest BCUT2D eigenvalue weighted by atomic mass is 127. The van der Waals surface area contributed by atoms with E-state index < -0.39 is 0 Å². The fourth-order valence-corrected chi connectivity index (χ4v) is 4.20. The molecule has 1 fully saturated rings. The summed E-state index contributed by atoms with van der Waals surface area (Å²) >= 11 is 0. The van der Waals surface area contributed by atoms with Crippen molar-refractivity contribution in [2.75, 3.05) is 20.7 Å². The molecule has 0 unspecified atom stereocenters. The van der Waals surface area contributed by atoms with Gasteiger partial charge in [-0.25, -0.2) is 0 Å². The first-order valence-corrected chi connectivity index (χ1v) is 11.5. The van der Waals surface area contributed by atoms with Crippen LogP contribution in [0.5, 0.6) is 0 Å². The molecular formula is C25H37IN4O3. The van der Waals surface area contributed by atoms with Crippen molar-refractivity contribution in [3.05, 3.63) is 59.5 Å². The molecule has 8 heteroatoms. The third-order valence-electron chi connectivity index (χ3n) is 5.92. The van der Waals surface area contributed by atoms with E-state index in [0.29, 0.717) is 19.2 Å². The Kier molecular flexibility index (Phi) is 11.7. The zero-order valence-electron chi connectivity index (χ0n) is 19.9. The van der Waals surface area contributed by atoms with E-state index in [1.165, 1.54) is 11.1 Å². The number of hydrogen-bond acceptors (Lipinski definition) is 5. The number of aliphatic imine (C=N–C) groups is 1. The number of nitrogens with one attached hydrogen (secondary N) is 2. The number of esters is 1. The zero-order chi connectivity index (χ0) is 22.8. The molecule has 1 aliphatic carbocycles. The summed E-state index contributed by atoms with van der Waals surface area (Å²) in [5, 5.41) is 6.98. The monoisotopic (exact) mass is 568 g/mol. The summed E-state index contributed by atoms with van der Waals surface area (Å²) < 4.78 is 10.6. The Morgan fingerprint density at radius 2 is 1.85 bits per heavy atom. The van der Waals surface area contributed by atoms with E-state index in [0.717, 1.165) is 50.5 Å². The predicted molar refractivity (Wildman–Crippen MR) is 141 cm³/mol. The quantitative estimate of drug-likeness (QED) is 0.203. The van der Waals surface area contributed by atoms with Crippen molar-refractivity contribution < 1.29 is 13.9 Å². The Bertz CT molecular complexity index is 864. The van der Waals surface area contributed by atoms with Gasteiger partial charge in [-0.1, -0.05) is 24.3 Å². The number of nitrogens with zero attached hydrogens (tertiary/aromatic N) is 2. The van der Waals surface area contributed by atoms with Crippen LogP contribution < -0.4 is 10.6 Å². The molecule has 0 radical (unpaired) electrons. The van der Waals surface area contributed by atoms with Crippen molar-refractivity contribution in [2.45, 2.75) is 58.3 Å². The normalized spacial score (nSPS) is 18.5. The fourth-order valence-electron chi connectivity index (χ4n) is 4.20. The van der Waals surface area contributed by atoms with Crippen molar-refractivity contribution >= 4 is 35.9 Å². The molecule has 0 bridgehead atoms. The number of benzene rings is 1. The van der Waals surface area contributed by atoms with Gasteiger partial charge in [0.05, 0.1) is 25.3 Å². The van der Waals surface area contributed by atoms with E-state index in [9.17, 15) is 4.79 Å². The first kappa shape index (κ1) is 27.2. The molecule has 7 nitrogen and oxygen atoms in total. The summed E-state index contributed by atoms with van der Waals surface area (Å²) in [4.78, 5) is 18.6. The molecule has 0 saturated heterocycles. The second-order valence-electron chi connectivity index (χ2n) is 8.39. The molecule has 0 aliphatic heterocycles. The molecule has 1 aromatic heterocycles. The summed E-state index contributed by atoms with van der Waals surface area (Å²) in [6, 6.07) is 12.7. The molecule has 1 saturated carbocycles. The number of rotatable bonds is 9. The van der Waals surface area contributed by atoms with Gasteiger partial charge in [0.15, 0.2) is 5.96 Å². The Labute approximate surface area is 214 Å². The van der Waals surface area contributed by atoms with Crippen LogP contribution in [0, 0.1) is 5.92 Å². The third-order valence-corrected chi connectivity index (χ3v) is 5.92. The Morgan fingerprint density at radius 1 is 1.12 bits per heavy atom. The molecular weight excluding hydrogens is 531 g/mol. The van der Waals surface area contributed by atoms with Crippen molar-refractivity contribution in [3.63, 3.8) is 0 Å². The molecule has 182 valence electrons. The van der Waals surface area contributed by atoms with E-state index in [-0.39, 0.29) is 35.9 Å². The van der Waals surface area contributed by atoms with Crippen LogP contribution in [0.2, 0.25) is 0 Å². The van der Waals surface area contributed by atoms with Gasteiger partial charge in [-0.3, -0.25) is 14.7 Å². The smallest absolute Gasteiger partial charge is 0.308 e. The lowest BCUT2D eigenvalue weighted by Crippen LogP contribution is -2.45. The fraction of sp³-hybridized carbons (Fsp3) is 0.520. The maximum absolute atomic E-state index is 12.0.